The van der Waals surface area contributed by atoms with E-state index in [-0.39, 0.29) is 12.0 Å². The van der Waals surface area contributed by atoms with E-state index < -0.39 is 11.6 Å². The minimum atomic E-state index is -1.59. The van der Waals surface area contributed by atoms with Gasteiger partial charge < -0.3 is 24.5 Å². The number of guanidine groups is 1. The van der Waals surface area contributed by atoms with Crippen molar-refractivity contribution in [3.63, 3.8) is 0 Å². The van der Waals surface area contributed by atoms with E-state index >= 15 is 0 Å². The van der Waals surface area contributed by atoms with Crippen molar-refractivity contribution in [3.8, 4) is 0 Å². The van der Waals surface area contributed by atoms with Crippen LogP contribution in [0.2, 0.25) is 0 Å². The van der Waals surface area contributed by atoms with Crippen LogP contribution >= 0.6 is 0 Å². The average molecular weight is 426 g/mol. The number of carbonyl (C=O) groups excluding carboxylic acids is 1. The zero-order chi connectivity index (χ0) is 21.7. The number of furan rings is 1. The van der Waals surface area contributed by atoms with Crippen LogP contribution in [0.5, 0.6) is 0 Å². The van der Waals surface area contributed by atoms with Gasteiger partial charge in [0.2, 0.25) is 0 Å². The fourth-order valence-electron chi connectivity index (χ4n) is 4.69. The molecule has 31 heavy (non-hydrogen) atoms. The van der Waals surface area contributed by atoms with Crippen molar-refractivity contribution in [1.82, 2.24) is 10.2 Å². The molecule has 1 atom stereocenters. The summed E-state index contributed by atoms with van der Waals surface area (Å²) in [6.45, 7) is 1.79. The third kappa shape index (κ3) is 4.77. The number of esters is 1. The second-order valence-corrected chi connectivity index (χ2v) is 8.54. The maximum atomic E-state index is 13.2. The van der Waals surface area contributed by atoms with E-state index in [2.05, 4.69) is 5.32 Å². The van der Waals surface area contributed by atoms with Crippen LogP contribution in [0.15, 0.2) is 53.3 Å². The molecule has 0 radical (unpaired) electrons. The number of ether oxygens (including phenoxy) is 1. The number of hydrogen-bond donors (Lipinski definition) is 3. The van der Waals surface area contributed by atoms with Crippen molar-refractivity contribution in [3.05, 3.63) is 60.1 Å². The number of rotatable bonds is 6. The van der Waals surface area contributed by atoms with Gasteiger partial charge in [-0.25, -0.2) is 4.79 Å². The molecule has 1 aliphatic carbocycles. The number of piperidine rings is 1. The highest BCUT2D eigenvalue weighted by Gasteiger charge is 2.48. The topological polar surface area (TPSA) is 98.8 Å². The van der Waals surface area contributed by atoms with Gasteiger partial charge in [0.15, 0.2) is 11.6 Å². The number of benzene rings is 1. The lowest BCUT2D eigenvalue weighted by Crippen LogP contribution is -2.49. The quantitative estimate of drug-likeness (QED) is 0.373. The standard InChI is InChI=1S/C24H31N3O4/c25-23(26-16-18-12-15-30-17-18)27-13-10-21(11-14-27)31-22(28)24(29,20-8-4-5-9-20)19-6-2-1-3-7-19/h1-3,6-7,12,15,17,20-21,29H,4-5,8-11,13-14,16H2,(H2,25,26)/t24-/m0/s1. The summed E-state index contributed by atoms with van der Waals surface area (Å²) in [4.78, 5) is 15.2. The van der Waals surface area contributed by atoms with Crippen LogP contribution in [0, 0.1) is 11.3 Å². The minimum Gasteiger partial charge on any atom is -0.472 e. The summed E-state index contributed by atoms with van der Waals surface area (Å²) in [5.74, 6) is -0.280. The molecule has 0 amide bonds. The Kier molecular flexibility index (Phi) is 6.61. The number of hydrogen-bond acceptors (Lipinski definition) is 5. The van der Waals surface area contributed by atoms with Gasteiger partial charge in [0.1, 0.15) is 6.10 Å². The van der Waals surface area contributed by atoms with E-state index in [0.717, 1.165) is 31.2 Å². The monoisotopic (exact) mass is 425 g/mol. The Hall–Kier alpha value is -2.80. The van der Waals surface area contributed by atoms with Crippen LogP contribution in [0.25, 0.3) is 0 Å². The van der Waals surface area contributed by atoms with Crippen molar-refractivity contribution < 1.29 is 19.1 Å². The third-order valence-electron chi connectivity index (χ3n) is 6.54. The second kappa shape index (κ2) is 9.56. The first-order chi connectivity index (χ1) is 15.1. The van der Waals surface area contributed by atoms with Crippen LogP contribution in [0.1, 0.15) is 49.7 Å². The maximum absolute atomic E-state index is 13.2. The molecule has 1 saturated carbocycles. The number of aliphatic hydroxyl groups is 1. The van der Waals surface area contributed by atoms with Crippen LogP contribution in [0.3, 0.4) is 0 Å². The van der Waals surface area contributed by atoms with Gasteiger partial charge in [-0.1, -0.05) is 43.2 Å². The van der Waals surface area contributed by atoms with Crippen LogP contribution in [-0.2, 0) is 21.7 Å². The molecular formula is C24H31N3O4. The molecule has 0 spiro atoms. The molecule has 1 aromatic carbocycles. The lowest BCUT2D eigenvalue weighted by atomic mass is 9.80. The largest absolute Gasteiger partial charge is 0.472 e. The zero-order valence-corrected chi connectivity index (χ0v) is 17.8. The van der Waals surface area contributed by atoms with E-state index in [1.165, 1.54) is 0 Å². The molecule has 4 rings (SSSR count). The van der Waals surface area contributed by atoms with Crippen LogP contribution in [-0.4, -0.2) is 41.1 Å². The molecule has 2 aromatic rings. The first kappa shape index (κ1) is 21.4. The SMILES string of the molecule is N=C(NCc1ccoc1)N1CCC(OC(=O)[C@](O)(c2ccccc2)C2CCCC2)CC1. The summed E-state index contributed by atoms with van der Waals surface area (Å²) in [5.41, 5.74) is 0.0172. The Bertz CT molecular complexity index is 856. The molecular weight excluding hydrogens is 394 g/mol. The summed E-state index contributed by atoms with van der Waals surface area (Å²) in [6, 6.07) is 11.1. The molecule has 7 heteroatoms. The highest BCUT2D eigenvalue weighted by atomic mass is 16.6. The van der Waals surface area contributed by atoms with Crippen molar-refractivity contribution >= 4 is 11.9 Å². The third-order valence-corrected chi connectivity index (χ3v) is 6.54. The summed E-state index contributed by atoms with van der Waals surface area (Å²) in [5, 5.41) is 22.9. The normalized spacial score (nSPS) is 19.7. The molecule has 1 saturated heterocycles. The summed E-state index contributed by atoms with van der Waals surface area (Å²) in [6.07, 6.45) is 8.01. The van der Waals surface area contributed by atoms with Crippen molar-refractivity contribution in [2.45, 2.75) is 56.8 Å². The molecule has 1 aliphatic heterocycles. The first-order valence-corrected chi connectivity index (χ1v) is 11.1. The Morgan fingerprint density at radius 3 is 2.52 bits per heavy atom. The Morgan fingerprint density at radius 2 is 1.87 bits per heavy atom. The smallest absolute Gasteiger partial charge is 0.343 e. The van der Waals surface area contributed by atoms with Gasteiger partial charge in [-0.05, 0) is 24.5 Å². The molecule has 0 bridgehead atoms. The molecule has 1 aromatic heterocycles. The lowest BCUT2D eigenvalue weighted by Gasteiger charge is -2.37. The fourth-order valence-corrected chi connectivity index (χ4v) is 4.69. The summed E-state index contributed by atoms with van der Waals surface area (Å²) in [7, 11) is 0. The summed E-state index contributed by atoms with van der Waals surface area (Å²) >= 11 is 0. The van der Waals surface area contributed by atoms with Gasteiger partial charge in [0, 0.05) is 44.0 Å². The molecule has 0 unspecified atom stereocenters. The molecule has 2 fully saturated rings. The van der Waals surface area contributed by atoms with E-state index in [0.29, 0.717) is 44.0 Å². The zero-order valence-electron chi connectivity index (χ0n) is 17.8. The van der Waals surface area contributed by atoms with Crippen LogP contribution in [0.4, 0.5) is 0 Å². The van der Waals surface area contributed by atoms with E-state index in [1.807, 2.05) is 41.3 Å². The highest BCUT2D eigenvalue weighted by molar-refractivity contribution is 5.82. The number of nitrogens with one attached hydrogen (secondary N) is 2. The molecule has 166 valence electrons. The number of likely N-dealkylation sites (tertiary alicyclic amines) is 1. The van der Waals surface area contributed by atoms with Crippen molar-refractivity contribution in [2.75, 3.05) is 13.1 Å². The average Bonchev–Trinajstić information content (AvgIpc) is 3.52. The van der Waals surface area contributed by atoms with E-state index in [1.54, 1.807) is 12.5 Å². The Balaban J connectivity index is 1.33. The number of nitrogens with zero attached hydrogens (tertiary/aromatic N) is 1. The molecule has 2 heterocycles. The van der Waals surface area contributed by atoms with Crippen molar-refractivity contribution in [2.24, 2.45) is 5.92 Å². The Morgan fingerprint density at radius 1 is 1.16 bits per heavy atom. The predicted octanol–water partition coefficient (Wildman–Crippen LogP) is 3.39. The van der Waals surface area contributed by atoms with Gasteiger partial charge >= 0.3 is 5.97 Å². The van der Waals surface area contributed by atoms with Gasteiger partial charge in [0.05, 0.1) is 12.5 Å². The van der Waals surface area contributed by atoms with E-state index in [4.69, 9.17) is 14.6 Å². The molecule has 2 aliphatic rings. The second-order valence-electron chi connectivity index (χ2n) is 8.54. The predicted molar refractivity (Wildman–Crippen MR) is 116 cm³/mol. The minimum absolute atomic E-state index is 0.109. The van der Waals surface area contributed by atoms with Gasteiger partial charge in [0.25, 0.3) is 0 Å². The van der Waals surface area contributed by atoms with Gasteiger partial charge in [-0.3, -0.25) is 5.41 Å². The molecule has 3 N–H and O–H groups in total. The number of carbonyl (C=O) groups is 1. The van der Waals surface area contributed by atoms with Crippen LogP contribution < -0.4 is 5.32 Å². The fraction of sp³-hybridized carbons (Fsp3) is 0.500. The van der Waals surface area contributed by atoms with Gasteiger partial charge in [-0.15, -0.1) is 0 Å². The first-order valence-electron chi connectivity index (χ1n) is 11.1. The summed E-state index contributed by atoms with van der Waals surface area (Å²) < 4.78 is 10.9. The maximum Gasteiger partial charge on any atom is 0.343 e. The van der Waals surface area contributed by atoms with Gasteiger partial charge in [-0.2, -0.15) is 0 Å². The van der Waals surface area contributed by atoms with Crippen molar-refractivity contribution in [1.29, 1.82) is 5.41 Å². The Labute approximate surface area is 182 Å². The molecule has 7 nitrogen and oxygen atoms in total. The lowest BCUT2D eigenvalue weighted by molar-refractivity contribution is -0.181. The van der Waals surface area contributed by atoms with E-state index in [9.17, 15) is 9.90 Å². The highest BCUT2D eigenvalue weighted by Crippen LogP contribution is 2.42.